The molecule has 5 heteroatoms. The van der Waals surface area contributed by atoms with Gasteiger partial charge in [0.25, 0.3) is 0 Å². The fourth-order valence-electron chi connectivity index (χ4n) is 1.48. The number of amides is 1. The molecule has 0 aromatic heterocycles. The number of carbonyl (C=O) groups excluding carboxylic acids is 1. The van der Waals surface area contributed by atoms with E-state index < -0.39 is 6.09 Å². The van der Waals surface area contributed by atoms with Crippen LogP contribution in [0, 0.1) is 5.92 Å². The van der Waals surface area contributed by atoms with Gasteiger partial charge in [-0.25, -0.2) is 4.79 Å². The van der Waals surface area contributed by atoms with Crippen molar-refractivity contribution in [3.05, 3.63) is 24.3 Å². The highest BCUT2D eigenvalue weighted by molar-refractivity contribution is 5.66. The lowest BCUT2D eigenvalue weighted by molar-refractivity contribution is 0.125. The van der Waals surface area contributed by atoms with Crippen LogP contribution >= 0.6 is 0 Å². The first-order chi connectivity index (χ1) is 10.2. The van der Waals surface area contributed by atoms with Gasteiger partial charge in [-0.15, -0.1) is 0 Å². The molecule has 118 valence electrons. The Morgan fingerprint density at radius 2 is 1.71 bits per heavy atom. The van der Waals surface area contributed by atoms with E-state index in [0.29, 0.717) is 19.1 Å². The van der Waals surface area contributed by atoms with Gasteiger partial charge in [0, 0.05) is 6.54 Å². The fourth-order valence-corrected chi connectivity index (χ4v) is 1.48. The second kappa shape index (κ2) is 9.91. The van der Waals surface area contributed by atoms with Gasteiger partial charge in [0.15, 0.2) is 0 Å². The molecule has 0 aliphatic carbocycles. The zero-order valence-corrected chi connectivity index (χ0v) is 13.1. The Hall–Kier alpha value is -1.91. The van der Waals surface area contributed by atoms with Crippen molar-refractivity contribution in [1.82, 2.24) is 5.32 Å². The van der Waals surface area contributed by atoms with Crippen LogP contribution in [0.5, 0.6) is 11.5 Å². The Morgan fingerprint density at radius 1 is 1.10 bits per heavy atom. The maximum atomic E-state index is 11.0. The van der Waals surface area contributed by atoms with Crippen molar-refractivity contribution in [1.29, 1.82) is 0 Å². The van der Waals surface area contributed by atoms with Crippen LogP contribution in [0.25, 0.3) is 0 Å². The number of carbonyl (C=O) groups is 1. The first-order valence-corrected chi connectivity index (χ1v) is 7.42. The summed E-state index contributed by atoms with van der Waals surface area (Å²) in [6.07, 6.45) is 0.683. The molecule has 1 atom stereocenters. The van der Waals surface area contributed by atoms with Gasteiger partial charge in [-0.2, -0.15) is 0 Å². The third-order valence-electron chi connectivity index (χ3n) is 2.96. The molecular formula is C16H25NO4. The molecule has 1 aromatic rings. The molecule has 0 bridgehead atoms. The monoisotopic (exact) mass is 295 g/mol. The summed E-state index contributed by atoms with van der Waals surface area (Å²) >= 11 is 0. The van der Waals surface area contributed by atoms with Crippen LogP contribution < -0.4 is 14.8 Å². The SMILES string of the molecule is CCNC(=O)OCCOc1ccc(OCC(C)CC)cc1. The average Bonchev–Trinajstić information content (AvgIpc) is 2.50. The number of hydrogen-bond donors (Lipinski definition) is 1. The van der Waals surface area contributed by atoms with Crippen LogP contribution in [0.4, 0.5) is 4.79 Å². The number of alkyl carbamates (subject to hydrolysis) is 1. The molecule has 1 N–H and O–H groups in total. The number of ether oxygens (including phenoxy) is 3. The molecule has 21 heavy (non-hydrogen) atoms. The number of rotatable bonds is 9. The number of hydrogen-bond acceptors (Lipinski definition) is 4. The van der Waals surface area contributed by atoms with Gasteiger partial charge in [-0.1, -0.05) is 20.3 Å². The summed E-state index contributed by atoms with van der Waals surface area (Å²) in [5.41, 5.74) is 0. The molecule has 0 saturated heterocycles. The zero-order chi connectivity index (χ0) is 15.5. The highest BCUT2D eigenvalue weighted by Crippen LogP contribution is 2.18. The summed E-state index contributed by atoms with van der Waals surface area (Å²) in [7, 11) is 0. The van der Waals surface area contributed by atoms with E-state index in [1.54, 1.807) is 0 Å². The first kappa shape index (κ1) is 17.1. The molecule has 0 saturated carbocycles. The normalized spacial score (nSPS) is 11.6. The van der Waals surface area contributed by atoms with Crippen molar-refractivity contribution < 1.29 is 19.0 Å². The molecular weight excluding hydrogens is 270 g/mol. The zero-order valence-electron chi connectivity index (χ0n) is 13.1. The summed E-state index contributed by atoms with van der Waals surface area (Å²) < 4.78 is 16.0. The van der Waals surface area contributed by atoms with Crippen LogP contribution in [0.2, 0.25) is 0 Å². The van der Waals surface area contributed by atoms with Gasteiger partial charge in [-0.05, 0) is 37.1 Å². The lowest BCUT2D eigenvalue weighted by Gasteiger charge is -2.12. The van der Waals surface area contributed by atoms with Gasteiger partial charge < -0.3 is 19.5 Å². The summed E-state index contributed by atoms with van der Waals surface area (Å²) in [6.45, 7) is 7.96. The van der Waals surface area contributed by atoms with E-state index in [4.69, 9.17) is 14.2 Å². The van der Waals surface area contributed by atoms with Crippen LogP contribution in [0.15, 0.2) is 24.3 Å². The number of nitrogens with one attached hydrogen (secondary N) is 1. The minimum absolute atomic E-state index is 0.220. The smallest absolute Gasteiger partial charge is 0.407 e. The Bertz CT molecular complexity index is 405. The van der Waals surface area contributed by atoms with E-state index in [1.165, 1.54) is 0 Å². The topological polar surface area (TPSA) is 56.8 Å². The first-order valence-electron chi connectivity index (χ1n) is 7.42. The van der Waals surface area contributed by atoms with Gasteiger partial charge >= 0.3 is 6.09 Å². The van der Waals surface area contributed by atoms with E-state index in [0.717, 1.165) is 24.5 Å². The largest absolute Gasteiger partial charge is 0.493 e. The summed E-state index contributed by atoms with van der Waals surface area (Å²) in [5, 5.41) is 2.55. The molecule has 0 spiro atoms. The average molecular weight is 295 g/mol. The lowest BCUT2D eigenvalue weighted by atomic mass is 10.1. The molecule has 0 aliphatic heterocycles. The lowest BCUT2D eigenvalue weighted by Crippen LogP contribution is -2.25. The molecule has 0 aliphatic rings. The maximum Gasteiger partial charge on any atom is 0.407 e. The second-order valence-electron chi connectivity index (χ2n) is 4.81. The summed E-state index contributed by atoms with van der Waals surface area (Å²) in [6, 6.07) is 7.45. The highest BCUT2D eigenvalue weighted by atomic mass is 16.6. The predicted octanol–water partition coefficient (Wildman–Crippen LogP) is 3.24. The van der Waals surface area contributed by atoms with Gasteiger partial charge in [0.2, 0.25) is 0 Å². The third kappa shape index (κ3) is 7.44. The Labute approximate surface area is 126 Å². The molecule has 1 aromatic carbocycles. The molecule has 0 radical (unpaired) electrons. The predicted molar refractivity (Wildman–Crippen MR) is 81.9 cm³/mol. The molecule has 0 fully saturated rings. The minimum atomic E-state index is -0.421. The van der Waals surface area contributed by atoms with Crippen molar-refractivity contribution in [3.8, 4) is 11.5 Å². The highest BCUT2D eigenvalue weighted by Gasteiger charge is 2.02. The van der Waals surface area contributed by atoms with Crippen molar-refractivity contribution in [2.24, 2.45) is 5.92 Å². The molecule has 1 unspecified atom stereocenters. The quantitative estimate of drug-likeness (QED) is 0.711. The van der Waals surface area contributed by atoms with Crippen LogP contribution in [-0.2, 0) is 4.74 Å². The summed E-state index contributed by atoms with van der Waals surface area (Å²) in [4.78, 5) is 11.0. The standard InChI is InChI=1S/C16H25NO4/c1-4-13(3)12-21-15-8-6-14(7-9-15)19-10-11-20-16(18)17-5-2/h6-9,13H,4-5,10-12H2,1-3H3,(H,17,18). The van der Waals surface area contributed by atoms with Crippen molar-refractivity contribution in [2.45, 2.75) is 27.2 Å². The van der Waals surface area contributed by atoms with Crippen LogP contribution in [0.1, 0.15) is 27.2 Å². The minimum Gasteiger partial charge on any atom is -0.493 e. The van der Waals surface area contributed by atoms with E-state index in [2.05, 4.69) is 19.2 Å². The van der Waals surface area contributed by atoms with Crippen LogP contribution in [0.3, 0.4) is 0 Å². The van der Waals surface area contributed by atoms with Gasteiger partial charge in [0.1, 0.15) is 24.7 Å². The Balaban J connectivity index is 2.23. The maximum absolute atomic E-state index is 11.0. The Morgan fingerprint density at radius 3 is 2.29 bits per heavy atom. The molecule has 5 nitrogen and oxygen atoms in total. The van der Waals surface area contributed by atoms with E-state index in [1.807, 2.05) is 31.2 Å². The second-order valence-corrected chi connectivity index (χ2v) is 4.81. The molecule has 1 rings (SSSR count). The van der Waals surface area contributed by atoms with E-state index >= 15 is 0 Å². The number of benzene rings is 1. The van der Waals surface area contributed by atoms with E-state index in [9.17, 15) is 4.79 Å². The van der Waals surface area contributed by atoms with Crippen molar-refractivity contribution in [2.75, 3.05) is 26.4 Å². The fraction of sp³-hybridized carbons (Fsp3) is 0.562. The van der Waals surface area contributed by atoms with Crippen molar-refractivity contribution in [3.63, 3.8) is 0 Å². The van der Waals surface area contributed by atoms with Crippen molar-refractivity contribution >= 4 is 6.09 Å². The molecule has 1 amide bonds. The van der Waals surface area contributed by atoms with E-state index in [-0.39, 0.29) is 6.61 Å². The summed E-state index contributed by atoms with van der Waals surface area (Å²) in [5.74, 6) is 2.11. The van der Waals surface area contributed by atoms with Gasteiger partial charge in [-0.3, -0.25) is 0 Å². The van der Waals surface area contributed by atoms with Gasteiger partial charge in [0.05, 0.1) is 6.61 Å². The molecule has 0 heterocycles. The Kier molecular flexibility index (Phi) is 8.09. The van der Waals surface area contributed by atoms with Crippen LogP contribution in [-0.4, -0.2) is 32.5 Å². The third-order valence-corrected chi connectivity index (χ3v) is 2.96.